The molecule has 0 saturated carbocycles. The normalized spacial score (nSPS) is 10.6. The average molecular weight is 265 g/mol. The number of likely N-dealkylation sites (N-methyl/N-ethyl adjacent to an activating group) is 2. The molecule has 0 saturated heterocycles. The number of nitrogens with zero attached hydrogens (tertiary/aromatic N) is 2. The topological polar surface area (TPSA) is 58.8 Å². The number of benzene rings is 1. The number of nitrogen functional groups attached to an aromatic ring is 1. The molecule has 19 heavy (non-hydrogen) atoms. The molecule has 1 aromatic carbocycles. The van der Waals surface area contributed by atoms with Gasteiger partial charge in [-0.15, -0.1) is 0 Å². The molecule has 1 aromatic rings. The van der Waals surface area contributed by atoms with E-state index in [9.17, 15) is 4.79 Å². The van der Waals surface area contributed by atoms with Crippen LogP contribution in [-0.2, 0) is 4.74 Å². The monoisotopic (exact) mass is 265 g/mol. The Balaban J connectivity index is 2.95. The third kappa shape index (κ3) is 4.44. The van der Waals surface area contributed by atoms with Gasteiger partial charge in [0.15, 0.2) is 0 Å². The minimum absolute atomic E-state index is 0.332. The molecule has 2 N–H and O–H groups in total. The fourth-order valence-corrected chi connectivity index (χ4v) is 1.73. The Labute approximate surface area is 114 Å². The van der Waals surface area contributed by atoms with Crippen molar-refractivity contribution in [2.45, 2.75) is 6.92 Å². The molecule has 0 spiro atoms. The summed E-state index contributed by atoms with van der Waals surface area (Å²) in [5.41, 5.74) is 7.67. The first-order chi connectivity index (χ1) is 8.95. The van der Waals surface area contributed by atoms with E-state index in [0.29, 0.717) is 17.9 Å². The Morgan fingerprint density at radius 3 is 2.53 bits per heavy atom. The summed E-state index contributed by atoms with van der Waals surface area (Å²) in [5.74, 6) is -0.332. The molecule has 0 aromatic heterocycles. The molecule has 1 rings (SSSR count). The van der Waals surface area contributed by atoms with Crippen molar-refractivity contribution in [3.63, 3.8) is 0 Å². The first-order valence-electron chi connectivity index (χ1n) is 6.38. The van der Waals surface area contributed by atoms with Gasteiger partial charge in [-0.2, -0.15) is 0 Å². The summed E-state index contributed by atoms with van der Waals surface area (Å²) in [7, 11) is 5.99. The molecule has 0 radical (unpaired) electrons. The molecule has 0 heterocycles. The summed E-state index contributed by atoms with van der Waals surface area (Å²) in [6.45, 7) is 3.88. The molecule has 0 aliphatic carbocycles. The molecule has 106 valence electrons. The number of esters is 1. The molecule has 0 bridgehead atoms. The third-order valence-electron chi connectivity index (χ3n) is 2.81. The Hall–Kier alpha value is -1.75. The van der Waals surface area contributed by atoms with Crippen molar-refractivity contribution in [2.24, 2.45) is 0 Å². The van der Waals surface area contributed by atoms with Crippen LogP contribution in [0.4, 0.5) is 11.4 Å². The zero-order valence-corrected chi connectivity index (χ0v) is 12.1. The van der Waals surface area contributed by atoms with E-state index < -0.39 is 0 Å². The quantitative estimate of drug-likeness (QED) is 0.623. The van der Waals surface area contributed by atoms with Gasteiger partial charge in [0.2, 0.25) is 0 Å². The van der Waals surface area contributed by atoms with Crippen LogP contribution in [0.3, 0.4) is 0 Å². The van der Waals surface area contributed by atoms with E-state index in [0.717, 1.165) is 18.8 Å². The van der Waals surface area contributed by atoms with Crippen LogP contribution in [0.2, 0.25) is 0 Å². The summed E-state index contributed by atoms with van der Waals surface area (Å²) < 4.78 is 5.07. The van der Waals surface area contributed by atoms with Crippen molar-refractivity contribution in [3.05, 3.63) is 23.8 Å². The van der Waals surface area contributed by atoms with E-state index in [1.165, 1.54) is 0 Å². The lowest BCUT2D eigenvalue weighted by molar-refractivity contribution is 0.0527. The minimum atomic E-state index is -0.332. The van der Waals surface area contributed by atoms with Crippen LogP contribution in [0.25, 0.3) is 0 Å². The maximum atomic E-state index is 11.9. The van der Waals surface area contributed by atoms with Gasteiger partial charge in [0.1, 0.15) is 0 Å². The van der Waals surface area contributed by atoms with Gasteiger partial charge in [0, 0.05) is 25.8 Å². The van der Waals surface area contributed by atoms with Gasteiger partial charge in [-0.3, -0.25) is 0 Å². The van der Waals surface area contributed by atoms with Crippen LogP contribution in [-0.4, -0.2) is 51.7 Å². The van der Waals surface area contributed by atoms with Crippen LogP contribution in [0.15, 0.2) is 18.2 Å². The van der Waals surface area contributed by atoms with Gasteiger partial charge in [-0.1, -0.05) is 0 Å². The second-order valence-corrected chi connectivity index (χ2v) is 4.72. The number of hydrogen-bond donors (Lipinski definition) is 1. The molecule has 5 nitrogen and oxygen atoms in total. The van der Waals surface area contributed by atoms with Crippen LogP contribution in [0.5, 0.6) is 0 Å². The number of carbonyl (C=O) groups is 1. The SMILES string of the molecule is CCOC(=O)c1cc(N)ccc1N(C)CCN(C)C. The second-order valence-electron chi connectivity index (χ2n) is 4.72. The third-order valence-corrected chi connectivity index (χ3v) is 2.81. The number of ether oxygens (including phenoxy) is 1. The summed E-state index contributed by atoms with van der Waals surface area (Å²) in [4.78, 5) is 16.1. The highest BCUT2D eigenvalue weighted by atomic mass is 16.5. The maximum Gasteiger partial charge on any atom is 0.340 e. The molecule has 0 aliphatic rings. The van der Waals surface area contributed by atoms with Crippen LogP contribution in [0.1, 0.15) is 17.3 Å². The van der Waals surface area contributed by atoms with E-state index in [4.69, 9.17) is 10.5 Å². The van der Waals surface area contributed by atoms with Crippen LogP contribution >= 0.6 is 0 Å². The van der Waals surface area contributed by atoms with E-state index in [1.54, 1.807) is 19.1 Å². The summed E-state index contributed by atoms with van der Waals surface area (Å²) in [5, 5.41) is 0. The average Bonchev–Trinajstić information content (AvgIpc) is 2.36. The molecule has 0 atom stereocenters. The largest absolute Gasteiger partial charge is 0.462 e. The molecule has 0 unspecified atom stereocenters. The lowest BCUT2D eigenvalue weighted by Crippen LogP contribution is -2.29. The first kappa shape index (κ1) is 15.3. The maximum absolute atomic E-state index is 11.9. The van der Waals surface area contributed by atoms with E-state index in [2.05, 4.69) is 4.90 Å². The van der Waals surface area contributed by atoms with Gasteiger partial charge < -0.3 is 20.3 Å². The molecular weight excluding hydrogens is 242 g/mol. The van der Waals surface area contributed by atoms with E-state index in [-0.39, 0.29) is 5.97 Å². The van der Waals surface area contributed by atoms with E-state index >= 15 is 0 Å². The predicted octanol–water partition coefficient (Wildman–Crippen LogP) is 1.44. The van der Waals surface area contributed by atoms with Crippen LogP contribution < -0.4 is 10.6 Å². The zero-order chi connectivity index (χ0) is 14.4. The number of anilines is 2. The molecule has 0 amide bonds. The molecule has 0 aliphatic heterocycles. The van der Waals surface area contributed by atoms with Crippen molar-refractivity contribution in [1.82, 2.24) is 4.90 Å². The summed E-state index contributed by atoms with van der Waals surface area (Å²) >= 11 is 0. The number of hydrogen-bond acceptors (Lipinski definition) is 5. The molecule has 5 heteroatoms. The summed E-state index contributed by atoms with van der Waals surface area (Å²) in [6.07, 6.45) is 0. The Kier molecular flexibility index (Phi) is 5.63. The number of carbonyl (C=O) groups excluding carboxylic acids is 1. The zero-order valence-electron chi connectivity index (χ0n) is 12.1. The fraction of sp³-hybridized carbons (Fsp3) is 0.500. The lowest BCUT2D eigenvalue weighted by atomic mass is 10.1. The van der Waals surface area contributed by atoms with Crippen molar-refractivity contribution in [2.75, 3.05) is 51.5 Å². The fourth-order valence-electron chi connectivity index (χ4n) is 1.73. The Morgan fingerprint density at radius 2 is 1.95 bits per heavy atom. The van der Waals surface area contributed by atoms with Gasteiger partial charge >= 0.3 is 5.97 Å². The minimum Gasteiger partial charge on any atom is -0.462 e. The van der Waals surface area contributed by atoms with Crippen molar-refractivity contribution < 1.29 is 9.53 Å². The lowest BCUT2D eigenvalue weighted by Gasteiger charge is -2.23. The highest BCUT2D eigenvalue weighted by Gasteiger charge is 2.15. The second kappa shape index (κ2) is 6.99. The van der Waals surface area contributed by atoms with Crippen molar-refractivity contribution in [3.8, 4) is 0 Å². The Morgan fingerprint density at radius 1 is 1.26 bits per heavy atom. The van der Waals surface area contributed by atoms with Gasteiger partial charge in [-0.25, -0.2) is 4.79 Å². The number of nitrogens with two attached hydrogens (primary N) is 1. The Bertz CT molecular complexity index is 433. The summed E-state index contributed by atoms with van der Waals surface area (Å²) in [6, 6.07) is 5.32. The molecule has 0 fully saturated rings. The van der Waals surface area contributed by atoms with Gasteiger partial charge in [-0.05, 0) is 39.2 Å². The van der Waals surface area contributed by atoms with Gasteiger partial charge in [0.25, 0.3) is 0 Å². The molecular formula is C14H23N3O2. The highest BCUT2D eigenvalue weighted by Crippen LogP contribution is 2.23. The van der Waals surface area contributed by atoms with Crippen molar-refractivity contribution in [1.29, 1.82) is 0 Å². The van der Waals surface area contributed by atoms with Gasteiger partial charge in [0.05, 0.1) is 17.9 Å². The van der Waals surface area contributed by atoms with E-state index in [1.807, 2.05) is 32.1 Å². The smallest absolute Gasteiger partial charge is 0.340 e. The van der Waals surface area contributed by atoms with Crippen molar-refractivity contribution >= 4 is 17.3 Å². The standard InChI is InChI=1S/C14H23N3O2/c1-5-19-14(18)12-10-11(15)6-7-13(12)17(4)9-8-16(2)3/h6-7,10H,5,8-9,15H2,1-4H3. The highest BCUT2D eigenvalue weighted by molar-refractivity contribution is 5.97. The predicted molar refractivity (Wildman–Crippen MR) is 78.6 cm³/mol. The first-order valence-corrected chi connectivity index (χ1v) is 6.38. The van der Waals surface area contributed by atoms with Crippen LogP contribution in [0, 0.1) is 0 Å². The number of rotatable bonds is 6.